The van der Waals surface area contributed by atoms with E-state index in [0.29, 0.717) is 10.2 Å². The van der Waals surface area contributed by atoms with Crippen LogP contribution >= 0.6 is 11.3 Å². The van der Waals surface area contributed by atoms with Crippen molar-refractivity contribution in [1.82, 2.24) is 4.98 Å². The molecule has 0 saturated heterocycles. The van der Waals surface area contributed by atoms with Crippen molar-refractivity contribution in [3.8, 4) is 6.07 Å². The average Bonchev–Trinajstić information content (AvgIpc) is 2.67. The molecule has 0 radical (unpaired) electrons. The Labute approximate surface area is 116 Å². The third-order valence-corrected chi connectivity index (χ3v) is 6.11. The number of hydrogen-bond donors (Lipinski definition) is 0. The molecular weight excluding hydrogens is 280 g/mol. The first-order valence-electron chi connectivity index (χ1n) is 5.84. The number of pyridine rings is 1. The molecule has 0 amide bonds. The van der Waals surface area contributed by atoms with Gasteiger partial charge in [-0.3, -0.25) is 0 Å². The van der Waals surface area contributed by atoms with Crippen molar-refractivity contribution in [3.05, 3.63) is 22.4 Å². The van der Waals surface area contributed by atoms with Crippen LogP contribution in [0.25, 0.3) is 10.2 Å². The quantitative estimate of drug-likeness (QED) is 0.854. The van der Waals surface area contributed by atoms with Gasteiger partial charge in [-0.1, -0.05) is 6.92 Å². The Morgan fingerprint density at radius 1 is 1.37 bits per heavy atom. The normalized spacial score (nSPS) is 11.7. The number of rotatable bonds is 2. The zero-order valence-electron chi connectivity index (χ0n) is 11.2. The lowest BCUT2D eigenvalue weighted by Gasteiger charge is -2.07. The van der Waals surface area contributed by atoms with Crippen molar-refractivity contribution in [2.24, 2.45) is 0 Å². The van der Waals surface area contributed by atoms with Gasteiger partial charge in [0.05, 0.1) is 5.56 Å². The molecule has 0 bridgehead atoms. The predicted molar refractivity (Wildman–Crippen MR) is 76.3 cm³/mol. The summed E-state index contributed by atoms with van der Waals surface area (Å²) in [6.45, 7) is 5.87. The molecule has 0 N–H and O–H groups in total. The standard InChI is InChI=1S/C13H14N2O2S2/c1-5-9-7(2)11-10(6-14)13(19(4,16)17)18-12(11)15-8(9)3/h5H2,1-4H3. The maximum atomic E-state index is 11.8. The molecule has 0 aliphatic carbocycles. The summed E-state index contributed by atoms with van der Waals surface area (Å²) in [6, 6.07) is 2.03. The number of thiophene rings is 1. The van der Waals surface area contributed by atoms with Crippen LogP contribution in [0.1, 0.15) is 29.3 Å². The summed E-state index contributed by atoms with van der Waals surface area (Å²) >= 11 is 1.08. The Morgan fingerprint density at radius 2 is 2.00 bits per heavy atom. The molecule has 0 aliphatic rings. The molecule has 0 aliphatic heterocycles. The third-order valence-electron chi connectivity index (χ3n) is 3.19. The van der Waals surface area contributed by atoms with Gasteiger partial charge in [-0.05, 0) is 31.4 Å². The minimum Gasteiger partial charge on any atom is -0.242 e. The van der Waals surface area contributed by atoms with Crippen molar-refractivity contribution < 1.29 is 8.42 Å². The van der Waals surface area contributed by atoms with E-state index in [1.165, 1.54) is 0 Å². The molecule has 0 atom stereocenters. The first kappa shape index (κ1) is 14.0. The smallest absolute Gasteiger partial charge is 0.186 e. The Balaban J connectivity index is 3.03. The Morgan fingerprint density at radius 3 is 2.47 bits per heavy atom. The van der Waals surface area contributed by atoms with Crippen LogP contribution < -0.4 is 0 Å². The lowest BCUT2D eigenvalue weighted by molar-refractivity contribution is 0.603. The number of fused-ring (bicyclic) bond motifs is 1. The summed E-state index contributed by atoms with van der Waals surface area (Å²) in [5.41, 5.74) is 3.19. The summed E-state index contributed by atoms with van der Waals surface area (Å²) < 4.78 is 23.6. The van der Waals surface area contributed by atoms with Crippen molar-refractivity contribution in [1.29, 1.82) is 5.26 Å². The lowest BCUT2D eigenvalue weighted by atomic mass is 10.0. The summed E-state index contributed by atoms with van der Waals surface area (Å²) in [6.07, 6.45) is 1.94. The van der Waals surface area contributed by atoms with Crippen molar-refractivity contribution in [2.45, 2.75) is 31.4 Å². The summed E-state index contributed by atoms with van der Waals surface area (Å²) in [7, 11) is -3.40. The summed E-state index contributed by atoms with van der Waals surface area (Å²) in [4.78, 5) is 5.08. The zero-order chi connectivity index (χ0) is 14.4. The topological polar surface area (TPSA) is 70.8 Å². The second kappa shape index (κ2) is 4.58. The van der Waals surface area contributed by atoms with Gasteiger partial charge in [0.2, 0.25) is 0 Å². The van der Waals surface area contributed by atoms with Crippen molar-refractivity contribution in [3.63, 3.8) is 0 Å². The minimum absolute atomic E-state index is 0.119. The SMILES string of the molecule is CCc1c(C)nc2sc(S(C)(=O)=O)c(C#N)c2c1C. The fourth-order valence-corrected chi connectivity index (χ4v) is 4.68. The number of nitriles is 1. The summed E-state index contributed by atoms with van der Waals surface area (Å²) in [5, 5.41) is 9.98. The third kappa shape index (κ3) is 2.13. The Kier molecular flexibility index (Phi) is 3.37. The fraction of sp³-hybridized carbons (Fsp3) is 0.385. The van der Waals surface area contributed by atoms with Gasteiger partial charge in [0.25, 0.3) is 0 Å². The molecule has 0 spiro atoms. The molecule has 2 heterocycles. The molecule has 0 saturated carbocycles. The zero-order valence-corrected chi connectivity index (χ0v) is 12.9. The van der Waals surface area contributed by atoms with Crippen LogP contribution in [0.15, 0.2) is 4.21 Å². The average molecular weight is 294 g/mol. The van der Waals surface area contributed by atoms with Crippen LogP contribution in [0.4, 0.5) is 0 Å². The van der Waals surface area contributed by atoms with Crippen LogP contribution in [-0.4, -0.2) is 19.7 Å². The van der Waals surface area contributed by atoms with E-state index in [-0.39, 0.29) is 9.77 Å². The Bertz CT molecular complexity index is 812. The van der Waals surface area contributed by atoms with Crippen LogP contribution in [0.2, 0.25) is 0 Å². The lowest BCUT2D eigenvalue weighted by Crippen LogP contribution is -1.98. The van der Waals surface area contributed by atoms with Crippen LogP contribution in [0.5, 0.6) is 0 Å². The maximum absolute atomic E-state index is 11.8. The van der Waals surface area contributed by atoms with Gasteiger partial charge in [0.1, 0.15) is 15.1 Å². The van der Waals surface area contributed by atoms with Gasteiger partial charge in [0, 0.05) is 17.3 Å². The van der Waals surface area contributed by atoms with Gasteiger partial charge in [0.15, 0.2) is 9.84 Å². The monoisotopic (exact) mass is 294 g/mol. The molecule has 4 nitrogen and oxygen atoms in total. The molecule has 100 valence electrons. The van der Waals surface area contributed by atoms with Crippen LogP contribution in [-0.2, 0) is 16.3 Å². The van der Waals surface area contributed by atoms with Gasteiger partial charge < -0.3 is 0 Å². The first-order chi connectivity index (χ1) is 8.81. The number of aromatic nitrogens is 1. The molecule has 0 fully saturated rings. The Hall–Kier alpha value is -1.45. The highest BCUT2D eigenvalue weighted by atomic mass is 32.2. The van der Waals surface area contributed by atoms with Gasteiger partial charge >= 0.3 is 0 Å². The van der Waals surface area contributed by atoms with Crippen molar-refractivity contribution >= 4 is 31.4 Å². The number of nitrogens with zero attached hydrogens (tertiary/aromatic N) is 2. The maximum Gasteiger partial charge on any atom is 0.186 e. The van der Waals surface area contributed by atoms with Gasteiger partial charge in [-0.2, -0.15) is 5.26 Å². The summed E-state index contributed by atoms with van der Waals surface area (Å²) in [5.74, 6) is 0. The predicted octanol–water partition coefficient (Wildman–Crippen LogP) is 2.75. The fourth-order valence-electron chi connectivity index (χ4n) is 2.35. The van der Waals surface area contributed by atoms with E-state index in [2.05, 4.69) is 4.98 Å². The molecular formula is C13H14N2O2S2. The highest BCUT2D eigenvalue weighted by molar-refractivity contribution is 7.93. The van der Waals surface area contributed by atoms with Crippen LogP contribution in [0.3, 0.4) is 0 Å². The largest absolute Gasteiger partial charge is 0.242 e. The highest BCUT2D eigenvalue weighted by Gasteiger charge is 2.23. The van der Waals surface area contributed by atoms with E-state index in [1.807, 2.05) is 26.8 Å². The van der Waals surface area contributed by atoms with E-state index in [9.17, 15) is 13.7 Å². The van der Waals surface area contributed by atoms with E-state index < -0.39 is 9.84 Å². The van der Waals surface area contributed by atoms with Gasteiger partial charge in [-0.15, -0.1) is 11.3 Å². The van der Waals surface area contributed by atoms with Crippen molar-refractivity contribution in [2.75, 3.05) is 6.26 Å². The molecule has 19 heavy (non-hydrogen) atoms. The van der Waals surface area contributed by atoms with Gasteiger partial charge in [-0.25, -0.2) is 13.4 Å². The second-order valence-corrected chi connectivity index (χ2v) is 7.69. The van der Waals surface area contributed by atoms with E-state index >= 15 is 0 Å². The second-order valence-electron chi connectivity index (χ2n) is 4.48. The molecule has 2 rings (SSSR count). The molecule has 6 heteroatoms. The highest BCUT2D eigenvalue weighted by Crippen LogP contribution is 2.36. The molecule has 2 aromatic heterocycles. The number of aryl methyl sites for hydroxylation is 2. The first-order valence-corrected chi connectivity index (χ1v) is 8.54. The molecule has 0 aromatic carbocycles. The number of hydrogen-bond acceptors (Lipinski definition) is 5. The number of sulfone groups is 1. The van der Waals surface area contributed by atoms with E-state index in [4.69, 9.17) is 0 Å². The van der Waals surface area contributed by atoms with E-state index in [1.54, 1.807) is 0 Å². The van der Waals surface area contributed by atoms with Crippen LogP contribution in [0, 0.1) is 25.2 Å². The molecule has 0 unspecified atom stereocenters. The molecule has 2 aromatic rings. The minimum atomic E-state index is -3.40. The van der Waals surface area contributed by atoms with E-state index in [0.717, 1.165) is 40.8 Å².